The minimum absolute atomic E-state index is 0.0432. The fraction of sp³-hybridized carbons (Fsp3) is 0.417. The summed E-state index contributed by atoms with van der Waals surface area (Å²) >= 11 is 9.32. The number of hydrogen-bond acceptors (Lipinski definition) is 2. The van der Waals surface area contributed by atoms with Crippen molar-refractivity contribution in [3.63, 3.8) is 0 Å². The van der Waals surface area contributed by atoms with Gasteiger partial charge in [0.15, 0.2) is 0 Å². The molecule has 0 saturated carbocycles. The van der Waals surface area contributed by atoms with Gasteiger partial charge in [0.05, 0.1) is 15.2 Å². The van der Waals surface area contributed by atoms with Crippen LogP contribution in [0.5, 0.6) is 0 Å². The van der Waals surface area contributed by atoms with Gasteiger partial charge in [-0.05, 0) is 53.5 Å². The average Bonchev–Trinajstić information content (AvgIpc) is 2.77. The van der Waals surface area contributed by atoms with Crippen LogP contribution in [0.25, 0.3) is 0 Å². The molecule has 1 heterocycles. The number of anilines is 1. The van der Waals surface area contributed by atoms with Gasteiger partial charge in [0.2, 0.25) is 5.91 Å². The van der Waals surface area contributed by atoms with E-state index >= 15 is 0 Å². The summed E-state index contributed by atoms with van der Waals surface area (Å²) in [5.41, 5.74) is 0.730. The molecular formula is C12H14BrClN2O. The minimum atomic E-state index is 0.0432. The van der Waals surface area contributed by atoms with E-state index < -0.39 is 0 Å². The summed E-state index contributed by atoms with van der Waals surface area (Å²) in [6, 6.07) is 5.43. The Morgan fingerprint density at radius 1 is 1.59 bits per heavy atom. The van der Waals surface area contributed by atoms with Crippen LogP contribution in [-0.2, 0) is 4.79 Å². The predicted octanol–water partition coefficient (Wildman–Crippen LogP) is 3.04. The number of benzene rings is 1. The molecule has 1 saturated heterocycles. The van der Waals surface area contributed by atoms with Gasteiger partial charge in [-0.1, -0.05) is 17.7 Å². The zero-order chi connectivity index (χ0) is 12.3. The maximum Gasteiger partial charge on any atom is 0.224 e. The Balaban J connectivity index is 1.95. The van der Waals surface area contributed by atoms with E-state index in [-0.39, 0.29) is 5.91 Å². The first-order valence-electron chi connectivity index (χ1n) is 5.61. The van der Waals surface area contributed by atoms with Gasteiger partial charge in [-0.15, -0.1) is 0 Å². The number of rotatable bonds is 3. The Labute approximate surface area is 114 Å². The highest BCUT2D eigenvalue weighted by Gasteiger charge is 2.18. The monoisotopic (exact) mass is 316 g/mol. The van der Waals surface area contributed by atoms with E-state index in [1.165, 1.54) is 0 Å². The van der Waals surface area contributed by atoms with E-state index in [1.54, 1.807) is 6.07 Å². The molecule has 0 aliphatic carbocycles. The van der Waals surface area contributed by atoms with Gasteiger partial charge in [0.1, 0.15) is 0 Å². The van der Waals surface area contributed by atoms with Crippen molar-refractivity contribution in [3.8, 4) is 0 Å². The minimum Gasteiger partial charge on any atom is -0.325 e. The summed E-state index contributed by atoms with van der Waals surface area (Å²) in [6.45, 7) is 1.95. The summed E-state index contributed by atoms with van der Waals surface area (Å²) in [7, 11) is 0. The van der Waals surface area contributed by atoms with Crippen molar-refractivity contribution in [3.05, 3.63) is 27.7 Å². The van der Waals surface area contributed by atoms with E-state index in [0.717, 1.165) is 29.7 Å². The number of carbonyl (C=O) groups is 1. The normalized spacial score (nSPS) is 19.3. The van der Waals surface area contributed by atoms with Crippen LogP contribution in [-0.4, -0.2) is 19.0 Å². The lowest BCUT2D eigenvalue weighted by Gasteiger charge is -2.11. The molecule has 92 valence electrons. The van der Waals surface area contributed by atoms with Gasteiger partial charge in [-0.25, -0.2) is 0 Å². The van der Waals surface area contributed by atoms with Crippen molar-refractivity contribution >= 4 is 39.1 Å². The summed E-state index contributed by atoms with van der Waals surface area (Å²) in [5.74, 6) is 0.495. The lowest BCUT2D eigenvalue weighted by Crippen LogP contribution is -2.18. The van der Waals surface area contributed by atoms with E-state index in [9.17, 15) is 4.79 Å². The number of nitrogens with one attached hydrogen (secondary N) is 2. The highest BCUT2D eigenvalue weighted by Crippen LogP contribution is 2.30. The van der Waals surface area contributed by atoms with Gasteiger partial charge in [0, 0.05) is 6.42 Å². The Morgan fingerprint density at radius 3 is 3.12 bits per heavy atom. The molecule has 1 aromatic rings. The first kappa shape index (κ1) is 12.9. The van der Waals surface area contributed by atoms with Crippen molar-refractivity contribution in [2.75, 3.05) is 18.4 Å². The lowest BCUT2D eigenvalue weighted by molar-refractivity contribution is -0.116. The van der Waals surface area contributed by atoms with Gasteiger partial charge >= 0.3 is 0 Å². The van der Waals surface area contributed by atoms with E-state index in [0.29, 0.717) is 17.4 Å². The van der Waals surface area contributed by atoms with Crippen LogP contribution >= 0.6 is 27.5 Å². The molecule has 1 aliphatic heterocycles. The second-order valence-electron chi connectivity index (χ2n) is 4.21. The smallest absolute Gasteiger partial charge is 0.224 e. The van der Waals surface area contributed by atoms with E-state index in [2.05, 4.69) is 26.6 Å². The molecule has 0 aromatic heterocycles. The molecule has 2 rings (SSSR count). The van der Waals surface area contributed by atoms with Crippen LogP contribution < -0.4 is 10.6 Å². The second kappa shape index (κ2) is 5.85. The number of hydrogen-bond donors (Lipinski definition) is 2. The molecule has 17 heavy (non-hydrogen) atoms. The topological polar surface area (TPSA) is 41.1 Å². The van der Waals surface area contributed by atoms with Crippen LogP contribution in [0.4, 0.5) is 5.69 Å². The summed E-state index contributed by atoms with van der Waals surface area (Å²) in [5, 5.41) is 6.73. The molecule has 1 aromatic carbocycles. The molecule has 0 spiro atoms. The molecule has 1 aliphatic rings. The predicted molar refractivity (Wildman–Crippen MR) is 73.4 cm³/mol. The molecule has 0 radical (unpaired) electrons. The highest BCUT2D eigenvalue weighted by atomic mass is 79.9. The van der Waals surface area contributed by atoms with Crippen LogP contribution in [0, 0.1) is 5.92 Å². The SMILES string of the molecule is O=C(CC1CCNC1)Nc1cccc(Cl)c1Br. The maximum absolute atomic E-state index is 11.8. The Bertz CT molecular complexity index is 419. The van der Waals surface area contributed by atoms with Crippen molar-refractivity contribution in [2.24, 2.45) is 5.92 Å². The molecule has 2 N–H and O–H groups in total. The van der Waals surface area contributed by atoms with Gasteiger partial charge < -0.3 is 10.6 Å². The zero-order valence-corrected chi connectivity index (χ0v) is 11.6. The molecular weight excluding hydrogens is 304 g/mol. The van der Waals surface area contributed by atoms with Gasteiger partial charge in [-0.2, -0.15) is 0 Å². The van der Waals surface area contributed by atoms with Crippen LogP contribution in [0.1, 0.15) is 12.8 Å². The molecule has 5 heteroatoms. The third-order valence-corrected chi connectivity index (χ3v) is 4.26. The third kappa shape index (κ3) is 3.44. The highest BCUT2D eigenvalue weighted by molar-refractivity contribution is 9.10. The number of carbonyl (C=O) groups excluding carboxylic acids is 1. The first-order chi connectivity index (χ1) is 8.16. The number of halogens is 2. The fourth-order valence-corrected chi connectivity index (χ4v) is 2.49. The van der Waals surface area contributed by atoms with Crippen molar-refractivity contribution < 1.29 is 4.79 Å². The summed E-state index contributed by atoms with van der Waals surface area (Å²) in [6.07, 6.45) is 1.64. The molecule has 3 nitrogen and oxygen atoms in total. The van der Waals surface area contributed by atoms with E-state index in [1.807, 2.05) is 12.1 Å². The quantitative estimate of drug-likeness (QED) is 0.899. The van der Waals surface area contributed by atoms with Crippen LogP contribution in [0.3, 0.4) is 0 Å². The lowest BCUT2D eigenvalue weighted by atomic mass is 10.0. The fourth-order valence-electron chi connectivity index (χ4n) is 1.95. The third-order valence-electron chi connectivity index (χ3n) is 2.86. The Morgan fingerprint density at radius 2 is 2.41 bits per heavy atom. The Kier molecular flexibility index (Phi) is 4.42. The number of amides is 1. The molecule has 1 amide bonds. The average molecular weight is 318 g/mol. The first-order valence-corrected chi connectivity index (χ1v) is 6.78. The van der Waals surface area contributed by atoms with Crippen molar-refractivity contribution in [2.45, 2.75) is 12.8 Å². The Hall–Kier alpha value is -0.580. The van der Waals surface area contributed by atoms with Crippen LogP contribution in [0.2, 0.25) is 5.02 Å². The summed E-state index contributed by atoms with van der Waals surface area (Å²) in [4.78, 5) is 11.8. The van der Waals surface area contributed by atoms with Crippen LogP contribution in [0.15, 0.2) is 22.7 Å². The molecule has 1 atom stereocenters. The standard InChI is InChI=1S/C12H14BrClN2O/c13-12-9(14)2-1-3-10(12)16-11(17)6-8-4-5-15-7-8/h1-3,8,15H,4-7H2,(H,16,17). The van der Waals surface area contributed by atoms with Crippen molar-refractivity contribution in [1.82, 2.24) is 5.32 Å². The zero-order valence-electron chi connectivity index (χ0n) is 9.30. The second-order valence-corrected chi connectivity index (χ2v) is 5.41. The largest absolute Gasteiger partial charge is 0.325 e. The van der Waals surface area contributed by atoms with Crippen molar-refractivity contribution in [1.29, 1.82) is 0 Å². The molecule has 1 fully saturated rings. The van der Waals surface area contributed by atoms with Gasteiger partial charge in [0.25, 0.3) is 0 Å². The van der Waals surface area contributed by atoms with Gasteiger partial charge in [-0.3, -0.25) is 4.79 Å². The summed E-state index contributed by atoms with van der Waals surface area (Å²) < 4.78 is 0.736. The molecule has 1 unspecified atom stereocenters. The molecule has 0 bridgehead atoms. The maximum atomic E-state index is 11.8. The van der Waals surface area contributed by atoms with E-state index in [4.69, 9.17) is 11.6 Å².